The highest BCUT2D eigenvalue weighted by Gasteiger charge is 2.35. The lowest BCUT2D eigenvalue weighted by atomic mass is 9.92. The lowest BCUT2D eigenvalue weighted by Gasteiger charge is -2.24. The van der Waals surface area contributed by atoms with Gasteiger partial charge in [-0.2, -0.15) is 0 Å². The van der Waals surface area contributed by atoms with Gasteiger partial charge in [0.1, 0.15) is 0 Å². The van der Waals surface area contributed by atoms with E-state index in [0.29, 0.717) is 17.0 Å². The molecule has 0 heterocycles. The van der Waals surface area contributed by atoms with Crippen LogP contribution in [0.15, 0.2) is 18.2 Å². The summed E-state index contributed by atoms with van der Waals surface area (Å²) in [6.07, 6.45) is 0.330. The van der Waals surface area contributed by atoms with Crippen molar-refractivity contribution < 1.29 is 14.7 Å². The summed E-state index contributed by atoms with van der Waals surface area (Å²) in [5.41, 5.74) is -1.17. The lowest BCUT2D eigenvalue weighted by Crippen LogP contribution is -2.45. The van der Waals surface area contributed by atoms with Crippen LogP contribution in [0, 0.1) is 0 Å². The van der Waals surface area contributed by atoms with Gasteiger partial charge in [-0.1, -0.05) is 29.3 Å². The molecule has 0 saturated heterocycles. The van der Waals surface area contributed by atoms with Crippen LogP contribution in [0.3, 0.4) is 0 Å². The van der Waals surface area contributed by atoms with Crippen molar-refractivity contribution in [1.29, 1.82) is 0 Å². The number of carboxylic acid groups (broad SMARTS) is 1. The average molecular weight is 262 g/mol. The highest BCUT2D eigenvalue weighted by atomic mass is 35.5. The molecule has 0 fully saturated rings. The molecule has 1 unspecified atom stereocenters. The molecule has 16 heavy (non-hydrogen) atoms. The van der Waals surface area contributed by atoms with E-state index in [9.17, 15) is 9.59 Å². The molecular formula is C10H9Cl2NO3. The molecule has 1 aromatic rings. The number of amides is 1. The number of carboxylic acids is 1. The van der Waals surface area contributed by atoms with Gasteiger partial charge in [-0.05, 0) is 24.6 Å². The third kappa shape index (κ3) is 2.28. The maximum absolute atomic E-state index is 11.1. The molecule has 0 aliphatic carbocycles. The molecule has 0 aliphatic heterocycles. The molecule has 6 heteroatoms. The zero-order valence-corrected chi connectivity index (χ0v) is 9.84. The first-order valence-corrected chi connectivity index (χ1v) is 5.07. The molecule has 1 aromatic carbocycles. The topological polar surface area (TPSA) is 66.4 Å². The van der Waals surface area contributed by atoms with Gasteiger partial charge in [-0.3, -0.25) is 4.79 Å². The number of carbonyl (C=O) groups is 2. The van der Waals surface area contributed by atoms with Gasteiger partial charge < -0.3 is 10.4 Å². The van der Waals surface area contributed by atoms with Crippen LogP contribution in [-0.2, 0) is 15.1 Å². The monoisotopic (exact) mass is 261 g/mol. The first-order chi connectivity index (χ1) is 7.41. The minimum Gasteiger partial charge on any atom is -0.479 e. The molecule has 0 aliphatic rings. The van der Waals surface area contributed by atoms with E-state index in [-0.39, 0.29) is 5.02 Å². The second-order valence-corrected chi connectivity index (χ2v) is 4.14. The van der Waals surface area contributed by atoms with E-state index in [4.69, 9.17) is 28.3 Å². The zero-order chi connectivity index (χ0) is 12.3. The van der Waals surface area contributed by atoms with E-state index in [2.05, 4.69) is 5.32 Å². The fourth-order valence-corrected chi connectivity index (χ4v) is 1.49. The quantitative estimate of drug-likeness (QED) is 0.816. The van der Waals surface area contributed by atoms with Gasteiger partial charge in [0.15, 0.2) is 5.54 Å². The molecule has 0 saturated carbocycles. The first-order valence-electron chi connectivity index (χ1n) is 4.32. The Bertz CT molecular complexity index is 436. The Kier molecular flexibility index (Phi) is 3.78. The van der Waals surface area contributed by atoms with E-state index in [1.54, 1.807) is 0 Å². The number of aliphatic carboxylic acids is 1. The van der Waals surface area contributed by atoms with Gasteiger partial charge in [0, 0.05) is 0 Å². The van der Waals surface area contributed by atoms with Crippen molar-refractivity contribution in [3.05, 3.63) is 33.8 Å². The summed E-state index contributed by atoms with van der Waals surface area (Å²) in [5, 5.41) is 11.9. The molecule has 0 aromatic heterocycles. The van der Waals surface area contributed by atoms with Gasteiger partial charge in [0.25, 0.3) is 0 Å². The third-order valence-electron chi connectivity index (χ3n) is 2.27. The van der Waals surface area contributed by atoms with Gasteiger partial charge in [-0.15, -0.1) is 0 Å². The van der Waals surface area contributed by atoms with Crippen molar-refractivity contribution in [3.8, 4) is 0 Å². The van der Waals surface area contributed by atoms with Crippen LogP contribution in [0.4, 0.5) is 0 Å². The number of carbonyl (C=O) groups excluding carboxylic acids is 1. The van der Waals surface area contributed by atoms with Crippen LogP contribution in [0.2, 0.25) is 10.0 Å². The number of benzene rings is 1. The highest BCUT2D eigenvalue weighted by Crippen LogP contribution is 2.28. The second-order valence-electron chi connectivity index (χ2n) is 3.32. The van der Waals surface area contributed by atoms with E-state index >= 15 is 0 Å². The van der Waals surface area contributed by atoms with Crippen molar-refractivity contribution in [2.24, 2.45) is 0 Å². The van der Waals surface area contributed by atoms with Gasteiger partial charge in [-0.25, -0.2) is 4.79 Å². The van der Waals surface area contributed by atoms with Crippen LogP contribution in [-0.4, -0.2) is 17.5 Å². The summed E-state index contributed by atoms with van der Waals surface area (Å²) in [4.78, 5) is 21.5. The molecule has 2 N–H and O–H groups in total. The molecule has 0 spiro atoms. The van der Waals surface area contributed by atoms with Crippen molar-refractivity contribution in [3.63, 3.8) is 0 Å². The molecule has 4 nitrogen and oxygen atoms in total. The smallest absolute Gasteiger partial charge is 0.333 e. The van der Waals surface area contributed by atoms with E-state index < -0.39 is 11.5 Å². The predicted octanol–water partition coefficient (Wildman–Crippen LogP) is 2.04. The Labute approximate surface area is 102 Å². The Morgan fingerprint density at radius 3 is 2.50 bits per heavy atom. The third-order valence-corrected chi connectivity index (χ3v) is 3.01. The van der Waals surface area contributed by atoms with Crippen molar-refractivity contribution >= 4 is 35.6 Å². The van der Waals surface area contributed by atoms with Crippen molar-refractivity contribution in [2.75, 3.05) is 0 Å². The summed E-state index contributed by atoms with van der Waals surface area (Å²) in [5.74, 6) is -1.18. The van der Waals surface area contributed by atoms with E-state index in [1.165, 1.54) is 25.1 Å². The lowest BCUT2D eigenvalue weighted by molar-refractivity contribution is -0.145. The number of hydrogen-bond donors (Lipinski definition) is 2. The highest BCUT2D eigenvalue weighted by molar-refractivity contribution is 6.42. The molecule has 0 bridgehead atoms. The Hall–Kier alpha value is -1.26. The first kappa shape index (κ1) is 12.8. The number of rotatable bonds is 4. The van der Waals surface area contributed by atoms with Crippen molar-refractivity contribution in [2.45, 2.75) is 12.5 Å². The van der Waals surface area contributed by atoms with Crippen LogP contribution in [0.25, 0.3) is 0 Å². The molecular weight excluding hydrogens is 253 g/mol. The summed E-state index contributed by atoms with van der Waals surface area (Å²) in [7, 11) is 0. The number of halogens is 2. The molecule has 1 rings (SSSR count). The Morgan fingerprint density at radius 1 is 1.44 bits per heavy atom. The molecule has 1 amide bonds. The molecule has 1 atom stereocenters. The van der Waals surface area contributed by atoms with Crippen LogP contribution in [0.1, 0.15) is 12.5 Å². The summed E-state index contributed by atoms with van der Waals surface area (Å²) >= 11 is 11.5. The molecule has 0 radical (unpaired) electrons. The Morgan fingerprint density at radius 2 is 2.06 bits per heavy atom. The largest absolute Gasteiger partial charge is 0.479 e. The second kappa shape index (κ2) is 4.72. The van der Waals surface area contributed by atoms with Gasteiger partial charge in [0.2, 0.25) is 6.41 Å². The minimum atomic E-state index is -1.52. The average Bonchev–Trinajstić information content (AvgIpc) is 2.22. The van der Waals surface area contributed by atoms with E-state index in [0.717, 1.165) is 0 Å². The fraction of sp³-hybridized carbons (Fsp3) is 0.200. The number of nitrogens with one attached hydrogen (secondary N) is 1. The van der Waals surface area contributed by atoms with Crippen LogP contribution < -0.4 is 5.32 Å². The maximum Gasteiger partial charge on any atom is 0.333 e. The minimum absolute atomic E-state index is 0.236. The maximum atomic E-state index is 11.1. The van der Waals surface area contributed by atoms with Crippen molar-refractivity contribution in [1.82, 2.24) is 5.32 Å². The van der Waals surface area contributed by atoms with Gasteiger partial charge in [0.05, 0.1) is 10.0 Å². The van der Waals surface area contributed by atoms with Gasteiger partial charge >= 0.3 is 5.97 Å². The standard InChI is InChI=1S/C10H9Cl2NO3/c1-10(9(15)16,13-5-14)6-2-3-7(11)8(12)4-6/h2-5H,1H3,(H,13,14)(H,15,16). The normalized spacial score (nSPS) is 13.9. The predicted molar refractivity (Wildman–Crippen MR) is 60.6 cm³/mol. The summed E-state index contributed by atoms with van der Waals surface area (Å²) in [6.45, 7) is 1.36. The fourth-order valence-electron chi connectivity index (χ4n) is 1.19. The number of hydrogen-bond acceptors (Lipinski definition) is 2. The van der Waals surface area contributed by atoms with Crippen LogP contribution >= 0.6 is 23.2 Å². The zero-order valence-electron chi connectivity index (χ0n) is 8.33. The summed E-state index contributed by atoms with van der Waals surface area (Å²) in [6, 6.07) is 4.39. The van der Waals surface area contributed by atoms with E-state index in [1.807, 2.05) is 0 Å². The molecule has 86 valence electrons. The van der Waals surface area contributed by atoms with Crippen LogP contribution in [0.5, 0.6) is 0 Å². The summed E-state index contributed by atoms with van der Waals surface area (Å²) < 4.78 is 0. The Balaban J connectivity index is 3.26. The SMILES string of the molecule is CC(NC=O)(C(=O)O)c1ccc(Cl)c(Cl)c1.